The van der Waals surface area contributed by atoms with Gasteiger partial charge >= 0.3 is 0 Å². The van der Waals surface area contributed by atoms with E-state index in [0.717, 1.165) is 5.56 Å². The van der Waals surface area contributed by atoms with E-state index in [0.29, 0.717) is 13.0 Å². The van der Waals surface area contributed by atoms with Gasteiger partial charge in [-0.3, -0.25) is 19.9 Å². The number of benzene rings is 1. The average Bonchev–Trinajstić information content (AvgIpc) is 2.48. The monoisotopic (exact) mass is 286 g/mol. The average molecular weight is 286 g/mol. The predicted octanol–water partition coefficient (Wildman–Crippen LogP) is 1.54. The molecule has 0 bridgehead atoms. The first kappa shape index (κ1) is 14.4. The number of hydrogen-bond acceptors (Lipinski definition) is 5. The van der Waals surface area contributed by atoms with E-state index in [-0.39, 0.29) is 16.9 Å². The number of carbonyl (C=O) groups is 1. The number of amides is 1. The molecule has 0 saturated carbocycles. The maximum Gasteiger partial charge on any atom is 0.292 e. The summed E-state index contributed by atoms with van der Waals surface area (Å²) in [6.45, 7) is 0.408. The van der Waals surface area contributed by atoms with Crippen LogP contribution in [0.1, 0.15) is 15.9 Å². The number of hydrogen-bond donors (Lipinski definition) is 2. The van der Waals surface area contributed by atoms with Crippen molar-refractivity contribution in [2.45, 2.75) is 6.42 Å². The Bertz CT molecular complexity index is 659. The number of nitrogen functional groups attached to an aromatic ring is 1. The van der Waals surface area contributed by atoms with Crippen molar-refractivity contribution in [3.05, 3.63) is 64.0 Å². The molecule has 0 spiro atoms. The summed E-state index contributed by atoms with van der Waals surface area (Å²) >= 11 is 0. The Hall–Kier alpha value is -2.96. The van der Waals surface area contributed by atoms with Crippen LogP contribution in [-0.2, 0) is 6.42 Å². The summed E-state index contributed by atoms with van der Waals surface area (Å²) in [7, 11) is 0. The van der Waals surface area contributed by atoms with Gasteiger partial charge in [0.15, 0.2) is 0 Å². The highest BCUT2D eigenvalue weighted by molar-refractivity contribution is 6.00. The molecule has 7 heteroatoms. The summed E-state index contributed by atoms with van der Waals surface area (Å²) in [5.41, 5.74) is 6.42. The summed E-state index contributed by atoms with van der Waals surface area (Å²) in [5, 5.41) is 13.5. The molecule has 0 unspecified atom stereocenters. The first-order valence-electron chi connectivity index (χ1n) is 6.29. The number of pyridine rings is 1. The van der Waals surface area contributed by atoms with Crippen LogP contribution in [0.3, 0.4) is 0 Å². The van der Waals surface area contributed by atoms with Crippen molar-refractivity contribution in [2.24, 2.45) is 0 Å². The van der Waals surface area contributed by atoms with E-state index in [2.05, 4.69) is 10.3 Å². The second-order valence-electron chi connectivity index (χ2n) is 4.36. The molecule has 2 aromatic rings. The Morgan fingerprint density at radius 1 is 1.29 bits per heavy atom. The van der Waals surface area contributed by atoms with Gasteiger partial charge in [-0.25, -0.2) is 0 Å². The molecule has 108 valence electrons. The molecule has 1 heterocycles. The zero-order valence-corrected chi connectivity index (χ0v) is 11.2. The first-order chi connectivity index (χ1) is 10.1. The minimum atomic E-state index is -0.608. The minimum Gasteiger partial charge on any atom is -0.393 e. The lowest BCUT2D eigenvalue weighted by atomic mass is 10.1. The molecule has 0 atom stereocenters. The third kappa shape index (κ3) is 3.53. The van der Waals surface area contributed by atoms with Crippen molar-refractivity contribution in [1.29, 1.82) is 0 Å². The number of nitro groups is 1. The highest BCUT2D eigenvalue weighted by atomic mass is 16.6. The molecular weight excluding hydrogens is 272 g/mol. The maximum atomic E-state index is 12.0. The summed E-state index contributed by atoms with van der Waals surface area (Å²) in [5.74, 6) is -0.426. The molecule has 1 aromatic heterocycles. The number of nitrogens with one attached hydrogen (secondary N) is 1. The number of aromatic nitrogens is 1. The standard InChI is InChI=1S/C14H14N4O3/c15-13-11(2-1-3-12(13)18(20)21)14(19)17-9-6-10-4-7-16-8-5-10/h1-5,7-8H,6,9,15H2,(H,17,19). The van der Waals surface area contributed by atoms with E-state index in [9.17, 15) is 14.9 Å². The number of nitrogens with two attached hydrogens (primary N) is 1. The normalized spacial score (nSPS) is 10.1. The zero-order chi connectivity index (χ0) is 15.2. The van der Waals surface area contributed by atoms with Gasteiger partial charge in [0.25, 0.3) is 11.6 Å². The fourth-order valence-corrected chi connectivity index (χ4v) is 1.88. The van der Waals surface area contributed by atoms with Crippen molar-refractivity contribution in [3.8, 4) is 0 Å². The van der Waals surface area contributed by atoms with E-state index >= 15 is 0 Å². The SMILES string of the molecule is Nc1c(C(=O)NCCc2ccncc2)cccc1[N+](=O)[O-]. The number of nitrogens with zero attached hydrogens (tertiary/aromatic N) is 2. The highest BCUT2D eigenvalue weighted by Crippen LogP contribution is 2.24. The van der Waals surface area contributed by atoms with E-state index in [1.807, 2.05) is 12.1 Å². The zero-order valence-electron chi connectivity index (χ0n) is 11.2. The third-order valence-electron chi connectivity index (χ3n) is 2.97. The summed E-state index contributed by atoms with van der Waals surface area (Å²) in [6.07, 6.45) is 3.99. The van der Waals surface area contributed by atoms with Gasteiger partial charge in [0, 0.05) is 25.0 Å². The molecule has 0 aliphatic carbocycles. The largest absolute Gasteiger partial charge is 0.393 e. The molecule has 0 saturated heterocycles. The lowest BCUT2D eigenvalue weighted by molar-refractivity contribution is -0.383. The number of carbonyl (C=O) groups excluding carboxylic acids is 1. The Balaban J connectivity index is 2.01. The van der Waals surface area contributed by atoms with Crippen molar-refractivity contribution in [2.75, 3.05) is 12.3 Å². The smallest absolute Gasteiger partial charge is 0.292 e. The first-order valence-corrected chi connectivity index (χ1v) is 6.29. The van der Waals surface area contributed by atoms with E-state index in [1.54, 1.807) is 12.4 Å². The van der Waals surface area contributed by atoms with Crippen LogP contribution in [0.25, 0.3) is 0 Å². The summed E-state index contributed by atoms with van der Waals surface area (Å²) in [6, 6.07) is 7.88. The quantitative estimate of drug-likeness (QED) is 0.492. The topological polar surface area (TPSA) is 111 Å². The fraction of sp³-hybridized carbons (Fsp3) is 0.143. The van der Waals surface area contributed by atoms with E-state index in [1.165, 1.54) is 18.2 Å². The molecule has 0 fully saturated rings. The van der Waals surface area contributed by atoms with Crippen molar-refractivity contribution >= 4 is 17.3 Å². The van der Waals surface area contributed by atoms with Crippen LogP contribution in [0, 0.1) is 10.1 Å². The Morgan fingerprint density at radius 2 is 2.00 bits per heavy atom. The minimum absolute atomic E-state index is 0.110. The molecule has 0 aliphatic rings. The number of nitro benzene ring substituents is 1. The van der Waals surface area contributed by atoms with Crippen LogP contribution in [0.2, 0.25) is 0 Å². The molecule has 7 nitrogen and oxygen atoms in total. The molecular formula is C14H14N4O3. The van der Waals surface area contributed by atoms with Crippen LogP contribution in [0.15, 0.2) is 42.7 Å². The molecule has 1 aromatic carbocycles. The molecule has 2 rings (SSSR count). The molecule has 0 radical (unpaired) electrons. The predicted molar refractivity (Wildman–Crippen MR) is 77.8 cm³/mol. The fourth-order valence-electron chi connectivity index (χ4n) is 1.88. The van der Waals surface area contributed by atoms with E-state index in [4.69, 9.17) is 5.73 Å². The molecule has 3 N–H and O–H groups in total. The summed E-state index contributed by atoms with van der Waals surface area (Å²) in [4.78, 5) is 26.1. The van der Waals surface area contributed by atoms with Crippen molar-refractivity contribution < 1.29 is 9.72 Å². The van der Waals surface area contributed by atoms with Crippen molar-refractivity contribution in [3.63, 3.8) is 0 Å². The second kappa shape index (κ2) is 6.47. The number of rotatable bonds is 5. The van der Waals surface area contributed by atoms with Gasteiger partial charge in [0.05, 0.1) is 10.5 Å². The summed E-state index contributed by atoms with van der Waals surface area (Å²) < 4.78 is 0. The van der Waals surface area contributed by atoms with Gasteiger partial charge in [-0.2, -0.15) is 0 Å². The van der Waals surface area contributed by atoms with Crippen LogP contribution in [-0.4, -0.2) is 22.4 Å². The van der Waals surface area contributed by atoms with Crippen LogP contribution < -0.4 is 11.1 Å². The van der Waals surface area contributed by atoms with E-state index < -0.39 is 10.8 Å². The third-order valence-corrected chi connectivity index (χ3v) is 2.97. The van der Waals surface area contributed by atoms with Crippen LogP contribution >= 0.6 is 0 Å². The molecule has 1 amide bonds. The van der Waals surface area contributed by atoms with Crippen LogP contribution in [0.5, 0.6) is 0 Å². The van der Waals surface area contributed by atoms with Crippen LogP contribution in [0.4, 0.5) is 11.4 Å². The Kier molecular flexibility index (Phi) is 4.45. The lowest BCUT2D eigenvalue weighted by Gasteiger charge is -2.07. The Morgan fingerprint density at radius 3 is 2.67 bits per heavy atom. The Labute approximate surface area is 121 Å². The number of anilines is 1. The van der Waals surface area contributed by atoms with Gasteiger partial charge in [0.1, 0.15) is 5.69 Å². The maximum absolute atomic E-state index is 12.0. The molecule has 0 aliphatic heterocycles. The van der Waals surface area contributed by atoms with Gasteiger partial charge in [-0.05, 0) is 30.2 Å². The lowest BCUT2D eigenvalue weighted by Crippen LogP contribution is -2.26. The van der Waals surface area contributed by atoms with Gasteiger partial charge < -0.3 is 11.1 Å². The van der Waals surface area contributed by atoms with Gasteiger partial charge in [-0.1, -0.05) is 6.07 Å². The highest BCUT2D eigenvalue weighted by Gasteiger charge is 2.18. The second-order valence-corrected chi connectivity index (χ2v) is 4.36. The number of para-hydroxylation sites is 1. The molecule has 21 heavy (non-hydrogen) atoms. The van der Waals surface area contributed by atoms with Gasteiger partial charge in [0.2, 0.25) is 0 Å². The van der Waals surface area contributed by atoms with Gasteiger partial charge in [-0.15, -0.1) is 0 Å². The van der Waals surface area contributed by atoms with Crippen molar-refractivity contribution in [1.82, 2.24) is 10.3 Å².